The molecule has 2 aromatic heterocycles. The Morgan fingerprint density at radius 1 is 1.12 bits per heavy atom. The first-order valence-corrected chi connectivity index (χ1v) is 10.0. The van der Waals surface area contributed by atoms with Gasteiger partial charge < -0.3 is 9.80 Å². The van der Waals surface area contributed by atoms with E-state index in [0.29, 0.717) is 0 Å². The predicted molar refractivity (Wildman–Crippen MR) is 104 cm³/mol. The van der Waals surface area contributed by atoms with Gasteiger partial charge in [0.05, 0.1) is 32.7 Å². The Hall–Kier alpha value is -2.25. The van der Waals surface area contributed by atoms with Gasteiger partial charge in [-0.15, -0.1) is 16.4 Å². The van der Waals surface area contributed by atoms with Gasteiger partial charge in [0.2, 0.25) is 5.82 Å². The van der Waals surface area contributed by atoms with E-state index in [1.54, 1.807) is 16.2 Å². The van der Waals surface area contributed by atoms with Crippen LogP contribution >= 0.6 is 11.3 Å². The molecular weight excluding hydrogens is 344 g/mol. The highest BCUT2D eigenvalue weighted by Gasteiger charge is 2.23. The fraction of sp³-hybridized carbons (Fsp3) is 0.421. The maximum Gasteiger partial charge on any atom is 0.206 e. The molecule has 26 heavy (non-hydrogen) atoms. The van der Waals surface area contributed by atoms with Crippen LogP contribution in [0.1, 0.15) is 21.8 Å². The number of rotatable bonds is 5. The van der Waals surface area contributed by atoms with Gasteiger partial charge in [0.1, 0.15) is 6.54 Å². The van der Waals surface area contributed by atoms with Crippen molar-refractivity contribution in [2.75, 3.05) is 31.1 Å². The van der Waals surface area contributed by atoms with Gasteiger partial charge in [0, 0.05) is 10.6 Å². The number of hydrogen-bond acceptors (Lipinski definition) is 5. The van der Waals surface area contributed by atoms with Crippen LogP contribution in [0.4, 0.5) is 5.69 Å². The van der Waals surface area contributed by atoms with Crippen molar-refractivity contribution in [3.63, 3.8) is 0 Å². The molecule has 1 saturated heterocycles. The normalized spacial score (nSPS) is 15.5. The molecule has 0 aliphatic carbocycles. The van der Waals surface area contributed by atoms with E-state index in [4.69, 9.17) is 0 Å². The number of aryl methyl sites for hydroxylation is 1. The number of nitrogens with zero attached hydrogens (tertiary/aromatic N) is 5. The topological polar surface area (TPSA) is 51.3 Å². The van der Waals surface area contributed by atoms with Crippen molar-refractivity contribution in [3.05, 3.63) is 57.5 Å². The van der Waals surface area contributed by atoms with Crippen LogP contribution in [-0.2, 0) is 13.1 Å². The van der Waals surface area contributed by atoms with Crippen molar-refractivity contribution in [3.8, 4) is 0 Å². The fourth-order valence-electron chi connectivity index (χ4n) is 3.57. The molecule has 0 amide bonds. The second kappa shape index (κ2) is 7.55. The van der Waals surface area contributed by atoms with Crippen LogP contribution < -0.4 is 9.80 Å². The minimum Gasteiger partial charge on any atom is -0.360 e. The summed E-state index contributed by atoms with van der Waals surface area (Å²) in [7, 11) is 0. The molecule has 6 nitrogen and oxygen atoms in total. The number of quaternary nitrogens is 1. The van der Waals surface area contributed by atoms with Gasteiger partial charge in [-0.2, -0.15) is 0 Å². The number of anilines is 1. The summed E-state index contributed by atoms with van der Waals surface area (Å²) in [5.74, 6) is 0.980. The summed E-state index contributed by atoms with van der Waals surface area (Å²) < 4.78 is 1.94. The minimum absolute atomic E-state index is 0.766. The van der Waals surface area contributed by atoms with Crippen molar-refractivity contribution in [2.24, 2.45) is 0 Å². The first kappa shape index (κ1) is 17.2. The third-order valence-electron chi connectivity index (χ3n) is 5.29. The largest absolute Gasteiger partial charge is 0.360 e. The number of nitrogens with one attached hydrogen (secondary N) is 1. The number of tetrazole rings is 1. The van der Waals surface area contributed by atoms with Crippen LogP contribution in [0.15, 0.2) is 35.7 Å². The molecule has 1 N–H and O–H groups in total. The standard InChI is InChI=1S/C19H24N6S/c1-15-5-3-7-18(16(15)2)24-10-8-23(9-11-24)14-19-20-21-22-25(19)13-17-6-4-12-26-17/h3-7,12H,8-11,13-14H2,1-2H3/p+1. The highest BCUT2D eigenvalue weighted by atomic mass is 32.1. The van der Waals surface area contributed by atoms with Crippen molar-refractivity contribution in [1.29, 1.82) is 0 Å². The molecule has 3 aromatic rings. The van der Waals surface area contributed by atoms with Crippen molar-refractivity contribution >= 4 is 17.0 Å². The molecular formula is C19H25N6S+. The fourth-order valence-corrected chi connectivity index (χ4v) is 4.25. The number of benzene rings is 1. The summed E-state index contributed by atoms with van der Waals surface area (Å²) >= 11 is 1.75. The maximum atomic E-state index is 4.27. The molecule has 0 spiro atoms. The van der Waals surface area contributed by atoms with Crippen LogP contribution in [0.25, 0.3) is 0 Å². The first-order valence-electron chi connectivity index (χ1n) is 9.13. The highest BCUT2D eigenvalue weighted by Crippen LogP contribution is 2.22. The van der Waals surface area contributed by atoms with Crippen LogP contribution in [-0.4, -0.2) is 46.4 Å². The Labute approximate surface area is 158 Å². The summed E-state index contributed by atoms with van der Waals surface area (Å²) in [6.07, 6.45) is 0. The molecule has 1 fully saturated rings. The lowest BCUT2D eigenvalue weighted by Gasteiger charge is -2.34. The van der Waals surface area contributed by atoms with Crippen molar-refractivity contribution in [1.82, 2.24) is 20.2 Å². The van der Waals surface area contributed by atoms with Gasteiger partial charge in [-0.25, -0.2) is 4.68 Å². The molecule has 0 unspecified atom stereocenters. The third-order valence-corrected chi connectivity index (χ3v) is 6.15. The number of hydrogen-bond donors (Lipinski definition) is 1. The molecule has 0 bridgehead atoms. The molecule has 3 heterocycles. The Bertz CT molecular complexity index is 849. The van der Waals surface area contributed by atoms with E-state index < -0.39 is 0 Å². The zero-order chi connectivity index (χ0) is 17.9. The molecule has 1 aromatic carbocycles. The Kier molecular flexibility index (Phi) is 4.99. The number of thiophene rings is 1. The molecule has 0 atom stereocenters. The van der Waals surface area contributed by atoms with E-state index in [2.05, 4.69) is 70.0 Å². The minimum atomic E-state index is 0.766. The summed E-state index contributed by atoms with van der Waals surface area (Å²) in [5, 5.41) is 14.4. The summed E-state index contributed by atoms with van der Waals surface area (Å²) in [4.78, 5) is 5.35. The molecule has 0 saturated carbocycles. The Balaban J connectivity index is 1.37. The molecule has 136 valence electrons. The van der Waals surface area contributed by atoms with E-state index in [1.165, 1.54) is 21.7 Å². The Morgan fingerprint density at radius 3 is 2.73 bits per heavy atom. The summed E-state index contributed by atoms with van der Waals surface area (Å²) in [6.45, 7) is 10.4. The Morgan fingerprint density at radius 2 is 1.96 bits per heavy atom. The first-order chi connectivity index (χ1) is 12.7. The average molecular weight is 370 g/mol. The van der Waals surface area contributed by atoms with Crippen LogP contribution in [0.2, 0.25) is 0 Å². The van der Waals surface area contributed by atoms with E-state index in [-0.39, 0.29) is 0 Å². The van der Waals surface area contributed by atoms with Crippen molar-refractivity contribution in [2.45, 2.75) is 26.9 Å². The molecule has 4 rings (SSSR count). The zero-order valence-corrected chi connectivity index (χ0v) is 16.2. The van der Waals surface area contributed by atoms with Crippen LogP contribution in [0.5, 0.6) is 0 Å². The third kappa shape index (κ3) is 3.64. The smallest absolute Gasteiger partial charge is 0.206 e. The zero-order valence-electron chi connectivity index (χ0n) is 15.4. The van der Waals surface area contributed by atoms with E-state index in [1.807, 2.05) is 4.68 Å². The van der Waals surface area contributed by atoms with Gasteiger partial charge in [-0.1, -0.05) is 18.2 Å². The lowest BCUT2D eigenvalue weighted by atomic mass is 10.1. The quantitative estimate of drug-likeness (QED) is 0.737. The van der Waals surface area contributed by atoms with E-state index >= 15 is 0 Å². The number of aromatic nitrogens is 4. The molecule has 1 aliphatic rings. The molecule has 7 heteroatoms. The van der Waals surface area contributed by atoms with Gasteiger partial charge >= 0.3 is 0 Å². The second-order valence-electron chi connectivity index (χ2n) is 6.96. The lowest BCUT2D eigenvalue weighted by molar-refractivity contribution is -0.915. The molecule has 0 radical (unpaired) electrons. The maximum absolute atomic E-state index is 4.27. The van der Waals surface area contributed by atoms with Gasteiger partial charge in [-0.3, -0.25) is 0 Å². The summed E-state index contributed by atoms with van der Waals surface area (Å²) in [6, 6.07) is 10.8. The predicted octanol–water partition coefficient (Wildman–Crippen LogP) is 1.30. The SMILES string of the molecule is Cc1cccc(N2CC[NH+](Cc3nnnn3Cc3cccs3)CC2)c1C. The van der Waals surface area contributed by atoms with E-state index in [9.17, 15) is 0 Å². The average Bonchev–Trinajstić information content (AvgIpc) is 3.31. The van der Waals surface area contributed by atoms with Gasteiger partial charge in [-0.05, 0) is 52.9 Å². The van der Waals surface area contributed by atoms with Gasteiger partial charge in [0.15, 0.2) is 0 Å². The van der Waals surface area contributed by atoms with Crippen LogP contribution in [0, 0.1) is 13.8 Å². The van der Waals surface area contributed by atoms with Crippen molar-refractivity contribution < 1.29 is 4.90 Å². The number of piperazine rings is 1. The van der Waals surface area contributed by atoms with E-state index in [0.717, 1.165) is 45.1 Å². The summed E-state index contributed by atoms with van der Waals surface area (Å²) in [5.41, 5.74) is 4.15. The second-order valence-corrected chi connectivity index (χ2v) is 8.00. The molecule has 1 aliphatic heterocycles. The lowest BCUT2D eigenvalue weighted by Crippen LogP contribution is -3.13. The monoisotopic (exact) mass is 369 g/mol. The van der Waals surface area contributed by atoms with Crippen LogP contribution in [0.3, 0.4) is 0 Å². The highest BCUT2D eigenvalue weighted by molar-refractivity contribution is 7.09. The van der Waals surface area contributed by atoms with Gasteiger partial charge in [0.25, 0.3) is 0 Å².